The quantitative estimate of drug-likeness (QED) is 0.481. The van der Waals surface area contributed by atoms with Crippen molar-refractivity contribution in [3.05, 3.63) is 24.4 Å². The van der Waals surface area contributed by atoms with Gasteiger partial charge < -0.3 is 15.5 Å². The number of anilines is 2. The number of alkyl halides is 1. The Morgan fingerprint density at radius 3 is 2.83 bits per heavy atom. The monoisotopic (exact) mass is 433 g/mol. The van der Waals surface area contributed by atoms with Gasteiger partial charge in [0, 0.05) is 43.4 Å². The molecule has 30 heavy (non-hydrogen) atoms. The van der Waals surface area contributed by atoms with Gasteiger partial charge in [0.25, 0.3) is 0 Å². The van der Waals surface area contributed by atoms with Crippen molar-refractivity contribution in [1.29, 1.82) is 0 Å². The van der Waals surface area contributed by atoms with Crippen LogP contribution in [0, 0.1) is 12.8 Å². The summed E-state index contributed by atoms with van der Waals surface area (Å²) >= 11 is 5.71. The summed E-state index contributed by atoms with van der Waals surface area (Å²) in [5.41, 5.74) is 0.975. The van der Waals surface area contributed by atoms with Gasteiger partial charge >= 0.3 is 0 Å². The molecule has 1 saturated heterocycles. The van der Waals surface area contributed by atoms with E-state index in [1.165, 1.54) is 6.08 Å². The maximum absolute atomic E-state index is 11.9. The van der Waals surface area contributed by atoms with Gasteiger partial charge in [-0.25, -0.2) is 4.98 Å². The van der Waals surface area contributed by atoms with E-state index in [0.29, 0.717) is 24.8 Å². The summed E-state index contributed by atoms with van der Waals surface area (Å²) < 4.78 is 0. The standard InChI is InChI=1S/C22H32ClN5O2/c1-3-18(29)11-16-7-4-5-9-19(16)26-21-15(2)13-24-22(27-21)25-17-8-6-10-28(14-17)20(30)12-23/h3,13,16-17,19H,1,4-12,14H2,2H3,(H2,24,25,26,27)/t16-,17-,19+/m0/s1. The summed E-state index contributed by atoms with van der Waals surface area (Å²) in [6, 6.07) is 0.324. The highest BCUT2D eigenvalue weighted by atomic mass is 35.5. The fraction of sp³-hybridized carbons (Fsp3) is 0.636. The second-order valence-corrected chi connectivity index (χ2v) is 8.62. The lowest BCUT2D eigenvalue weighted by atomic mass is 9.81. The molecule has 0 unspecified atom stereocenters. The van der Waals surface area contributed by atoms with Crippen LogP contribution in [0.2, 0.25) is 0 Å². The summed E-state index contributed by atoms with van der Waals surface area (Å²) in [6.07, 6.45) is 10.0. The van der Waals surface area contributed by atoms with Gasteiger partial charge in [-0.3, -0.25) is 9.59 Å². The zero-order valence-corrected chi connectivity index (χ0v) is 18.5. The Morgan fingerprint density at radius 1 is 1.27 bits per heavy atom. The molecule has 1 aromatic heterocycles. The minimum absolute atomic E-state index is 0.0126. The Morgan fingerprint density at radius 2 is 2.07 bits per heavy atom. The number of hydrogen-bond donors (Lipinski definition) is 2. The van der Waals surface area contributed by atoms with Gasteiger partial charge in [0.15, 0.2) is 5.78 Å². The van der Waals surface area contributed by atoms with Crippen LogP contribution in [0.4, 0.5) is 11.8 Å². The summed E-state index contributed by atoms with van der Waals surface area (Å²) in [7, 11) is 0. The SMILES string of the molecule is C=CC(=O)C[C@@H]1CCCC[C@H]1Nc1nc(N[C@H]2CCCN(C(=O)CCl)C2)ncc1C. The van der Waals surface area contributed by atoms with E-state index in [4.69, 9.17) is 16.6 Å². The van der Waals surface area contributed by atoms with E-state index in [-0.39, 0.29) is 29.7 Å². The van der Waals surface area contributed by atoms with Gasteiger partial charge in [0.1, 0.15) is 11.7 Å². The highest BCUT2D eigenvalue weighted by Crippen LogP contribution is 2.30. The number of nitrogens with zero attached hydrogens (tertiary/aromatic N) is 3. The highest BCUT2D eigenvalue weighted by Gasteiger charge is 2.28. The first-order chi connectivity index (χ1) is 14.5. The van der Waals surface area contributed by atoms with E-state index < -0.39 is 0 Å². The molecular weight excluding hydrogens is 402 g/mol. The molecule has 3 rings (SSSR count). The molecule has 1 aliphatic heterocycles. The smallest absolute Gasteiger partial charge is 0.237 e. The average Bonchev–Trinajstić information content (AvgIpc) is 2.76. The molecule has 1 aliphatic carbocycles. The molecular formula is C22H32ClN5O2. The number of rotatable bonds is 8. The van der Waals surface area contributed by atoms with Gasteiger partial charge in [-0.1, -0.05) is 19.4 Å². The Balaban J connectivity index is 1.66. The van der Waals surface area contributed by atoms with Crippen LogP contribution >= 0.6 is 11.6 Å². The predicted octanol–water partition coefficient (Wildman–Crippen LogP) is 3.54. The molecule has 8 heteroatoms. The van der Waals surface area contributed by atoms with Crippen LogP contribution in [0.3, 0.4) is 0 Å². The lowest BCUT2D eigenvalue weighted by Crippen LogP contribution is -2.45. The second-order valence-electron chi connectivity index (χ2n) is 8.35. The first kappa shape index (κ1) is 22.5. The summed E-state index contributed by atoms with van der Waals surface area (Å²) in [6.45, 7) is 6.95. The largest absolute Gasteiger partial charge is 0.367 e. The number of likely N-dealkylation sites (tertiary alicyclic amines) is 1. The Bertz CT molecular complexity index is 772. The number of piperidine rings is 1. The zero-order chi connectivity index (χ0) is 21.5. The Hall–Kier alpha value is -2.15. The number of allylic oxidation sites excluding steroid dienone is 1. The van der Waals surface area contributed by atoms with E-state index in [0.717, 1.165) is 56.5 Å². The number of carbonyl (C=O) groups excluding carboxylic acids is 2. The van der Waals surface area contributed by atoms with Crippen molar-refractivity contribution in [3.8, 4) is 0 Å². The van der Waals surface area contributed by atoms with E-state index in [2.05, 4.69) is 22.2 Å². The first-order valence-electron chi connectivity index (χ1n) is 10.9. The van der Waals surface area contributed by atoms with Gasteiger partial charge in [0.05, 0.1) is 0 Å². The maximum atomic E-state index is 11.9. The number of amides is 1. The molecule has 0 bridgehead atoms. The van der Waals surface area contributed by atoms with Crippen LogP contribution < -0.4 is 10.6 Å². The molecule has 0 spiro atoms. The normalized spacial score (nSPS) is 24.2. The Kier molecular flexibility index (Phi) is 8.08. The fourth-order valence-corrected chi connectivity index (χ4v) is 4.57. The third-order valence-electron chi connectivity index (χ3n) is 6.12. The molecule has 1 aromatic rings. The molecule has 164 valence electrons. The van der Waals surface area contributed by atoms with Crippen molar-refractivity contribution in [2.45, 2.75) is 64.0 Å². The molecule has 0 radical (unpaired) electrons. The van der Waals surface area contributed by atoms with Crippen LogP contribution in [0.25, 0.3) is 0 Å². The van der Waals surface area contributed by atoms with Gasteiger partial charge in [0.2, 0.25) is 11.9 Å². The lowest BCUT2D eigenvalue weighted by Gasteiger charge is -2.33. The fourth-order valence-electron chi connectivity index (χ4n) is 4.41. The van der Waals surface area contributed by atoms with Crippen molar-refractivity contribution in [2.75, 3.05) is 29.6 Å². The summed E-state index contributed by atoms with van der Waals surface area (Å²) in [5.74, 6) is 1.74. The maximum Gasteiger partial charge on any atom is 0.237 e. The minimum atomic E-state index is -0.0345. The van der Waals surface area contributed by atoms with Crippen LogP contribution in [0.15, 0.2) is 18.9 Å². The number of ketones is 1. The molecule has 2 heterocycles. The second kappa shape index (κ2) is 10.8. The molecule has 2 N–H and O–H groups in total. The van der Waals surface area contributed by atoms with E-state index in [1.807, 2.05) is 13.1 Å². The third kappa shape index (κ3) is 5.94. The van der Waals surface area contributed by atoms with E-state index >= 15 is 0 Å². The lowest BCUT2D eigenvalue weighted by molar-refractivity contribution is -0.129. The topological polar surface area (TPSA) is 87.2 Å². The van der Waals surface area contributed by atoms with Crippen molar-refractivity contribution in [3.63, 3.8) is 0 Å². The Labute approximate surface area is 183 Å². The number of aromatic nitrogens is 2. The minimum Gasteiger partial charge on any atom is -0.367 e. The average molecular weight is 434 g/mol. The molecule has 1 saturated carbocycles. The molecule has 2 fully saturated rings. The molecule has 2 aliphatic rings. The van der Waals surface area contributed by atoms with Gasteiger partial charge in [-0.2, -0.15) is 4.98 Å². The predicted molar refractivity (Wildman–Crippen MR) is 120 cm³/mol. The van der Waals surface area contributed by atoms with Crippen LogP contribution in [0.1, 0.15) is 50.5 Å². The summed E-state index contributed by atoms with van der Waals surface area (Å²) in [4.78, 5) is 34.8. The molecule has 1 amide bonds. The van der Waals surface area contributed by atoms with Gasteiger partial charge in [-0.05, 0) is 44.6 Å². The highest BCUT2D eigenvalue weighted by molar-refractivity contribution is 6.27. The number of aryl methyl sites for hydroxylation is 1. The molecule has 7 nitrogen and oxygen atoms in total. The van der Waals surface area contributed by atoms with Gasteiger partial charge in [-0.15, -0.1) is 11.6 Å². The van der Waals surface area contributed by atoms with Crippen LogP contribution in [-0.2, 0) is 9.59 Å². The van der Waals surface area contributed by atoms with E-state index in [1.54, 1.807) is 4.90 Å². The van der Waals surface area contributed by atoms with Crippen molar-refractivity contribution in [1.82, 2.24) is 14.9 Å². The zero-order valence-electron chi connectivity index (χ0n) is 17.7. The number of carbonyl (C=O) groups is 2. The van der Waals surface area contributed by atoms with Crippen LogP contribution in [0.5, 0.6) is 0 Å². The molecule has 3 atom stereocenters. The number of hydrogen-bond acceptors (Lipinski definition) is 6. The van der Waals surface area contributed by atoms with Crippen molar-refractivity contribution < 1.29 is 9.59 Å². The number of halogens is 1. The third-order valence-corrected chi connectivity index (χ3v) is 6.34. The van der Waals surface area contributed by atoms with Crippen molar-refractivity contribution in [2.24, 2.45) is 5.92 Å². The van der Waals surface area contributed by atoms with Crippen molar-refractivity contribution >= 4 is 35.1 Å². The molecule has 0 aromatic carbocycles. The first-order valence-corrected chi connectivity index (χ1v) is 11.4. The van der Waals surface area contributed by atoms with Crippen LogP contribution in [-0.4, -0.2) is 57.6 Å². The van der Waals surface area contributed by atoms with E-state index in [9.17, 15) is 9.59 Å². The number of nitrogens with one attached hydrogen (secondary N) is 2. The summed E-state index contributed by atoms with van der Waals surface area (Å²) in [5, 5.41) is 6.96.